The number of amides is 2. The van der Waals surface area contributed by atoms with Crippen LogP contribution in [0.1, 0.15) is 12.0 Å². The number of sulfone groups is 1. The Labute approximate surface area is 136 Å². The topological polar surface area (TPSA) is 75.3 Å². The molecule has 0 heterocycles. The fourth-order valence-corrected chi connectivity index (χ4v) is 3.34. The fourth-order valence-electron chi connectivity index (χ4n) is 2.02. The fraction of sp³-hybridized carbons (Fsp3) is 0.235. The molecule has 2 aromatic rings. The number of nitrogens with one attached hydrogen (secondary N) is 2. The van der Waals surface area contributed by atoms with Crippen molar-refractivity contribution in [2.24, 2.45) is 0 Å². The molecule has 0 saturated heterocycles. The van der Waals surface area contributed by atoms with Crippen LogP contribution in [-0.4, -0.2) is 26.7 Å². The molecule has 0 unspecified atom stereocenters. The average molecular weight is 332 g/mol. The quantitative estimate of drug-likeness (QED) is 0.799. The number of aryl methyl sites for hydroxylation is 1. The van der Waals surface area contributed by atoms with Crippen molar-refractivity contribution < 1.29 is 13.2 Å². The van der Waals surface area contributed by atoms with E-state index >= 15 is 0 Å². The van der Waals surface area contributed by atoms with Crippen molar-refractivity contribution in [1.82, 2.24) is 5.32 Å². The largest absolute Gasteiger partial charge is 0.338 e. The molecule has 0 aliphatic rings. The maximum atomic E-state index is 12.2. The van der Waals surface area contributed by atoms with E-state index in [1.54, 1.807) is 36.4 Å². The highest BCUT2D eigenvalue weighted by Gasteiger charge is 2.13. The molecule has 0 aromatic heterocycles. The van der Waals surface area contributed by atoms with Crippen molar-refractivity contribution in [3.05, 3.63) is 60.2 Å². The maximum Gasteiger partial charge on any atom is 0.319 e. The van der Waals surface area contributed by atoms with E-state index in [1.807, 2.05) is 25.1 Å². The summed E-state index contributed by atoms with van der Waals surface area (Å²) in [5.74, 6) is 0.00166. The molecule has 0 fully saturated rings. The first-order valence-corrected chi connectivity index (χ1v) is 9.02. The van der Waals surface area contributed by atoms with Crippen molar-refractivity contribution in [1.29, 1.82) is 0 Å². The Kier molecular flexibility index (Phi) is 5.76. The highest BCUT2D eigenvalue weighted by molar-refractivity contribution is 7.91. The SMILES string of the molecule is Cc1ccc(S(=O)(=O)CCCNC(=O)Nc2ccccc2)cc1. The van der Waals surface area contributed by atoms with E-state index in [0.717, 1.165) is 5.56 Å². The van der Waals surface area contributed by atoms with Crippen LogP contribution < -0.4 is 10.6 Å². The van der Waals surface area contributed by atoms with Crippen LogP contribution in [0, 0.1) is 6.92 Å². The smallest absolute Gasteiger partial charge is 0.319 e. The van der Waals surface area contributed by atoms with Crippen LogP contribution in [0.2, 0.25) is 0 Å². The second-order valence-electron chi connectivity index (χ2n) is 5.23. The van der Waals surface area contributed by atoms with E-state index in [2.05, 4.69) is 10.6 Å². The number of hydrogen-bond donors (Lipinski definition) is 2. The van der Waals surface area contributed by atoms with E-state index < -0.39 is 9.84 Å². The Morgan fingerprint density at radius 2 is 1.65 bits per heavy atom. The lowest BCUT2D eigenvalue weighted by molar-refractivity contribution is 0.252. The van der Waals surface area contributed by atoms with Crippen molar-refractivity contribution >= 4 is 21.6 Å². The predicted octanol–water partition coefficient (Wildman–Crippen LogP) is 2.98. The van der Waals surface area contributed by atoms with Gasteiger partial charge in [-0.2, -0.15) is 0 Å². The molecular formula is C17H20N2O3S. The molecule has 2 N–H and O–H groups in total. The van der Waals surface area contributed by atoms with Gasteiger partial charge in [0.25, 0.3) is 0 Å². The minimum Gasteiger partial charge on any atom is -0.338 e. The van der Waals surface area contributed by atoms with Gasteiger partial charge in [0.1, 0.15) is 0 Å². The molecule has 0 atom stereocenters. The number of para-hydroxylation sites is 1. The number of benzene rings is 2. The van der Waals surface area contributed by atoms with Crippen LogP contribution in [0.4, 0.5) is 10.5 Å². The van der Waals surface area contributed by atoms with Gasteiger partial charge in [-0.15, -0.1) is 0 Å². The van der Waals surface area contributed by atoms with Gasteiger partial charge in [-0.1, -0.05) is 35.9 Å². The van der Waals surface area contributed by atoms with Gasteiger partial charge in [-0.25, -0.2) is 13.2 Å². The Morgan fingerprint density at radius 1 is 1.00 bits per heavy atom. The Morgan fingerprint density at radius 3 is 2.30 bits per heavy atom. The van der Waals surface area contributed by atoms with E-state index in [9.17, 15) is 13.2 Å². The number of rotatable bonds is 6. The van der Waals surface area contributed by atoms with Gasteiger partial charge in [-0.05, 0) is 37.6 Å². The maximum absolute atomic E-state index is 12.2. The van der Waals surface area contributed by atoms with Crippen molar-refractivity contribution in [2.75, 3.05) is 17.6 Å². The molecule has 23 heavy (non-hydrogen) atoms. The minimum atomic E-state index is -3.31. The molecule has 2 aromatic carbocycles. The molecule has 0 spiro atoms. The van der Waals surface area contributed by atoms with Crippen molar-refractivity contribution in [2.45, 2.75) is 18.2 Å². The van der Waals surface area contributed by atoms with E-state index in [-0.39, 0.29) is 11.8 Å². The summed E-state index contributed by atoms with van der Waals surface area (Å²) in [7, 11) is -3.31. The molecule has 122 valence electrons. The second kappa shape index (κ2) is 7.78. The standard InChI is InChI=1S/C17H20N2O3S/c1-14-8-10-16(11-9-14)23(21,22)13-5-12-18-17(20)19-15-6-3-2-4-7-15/h2-4,6-11H,5,12-13H2,1H3,(H2,18,19,20). The van der Waals surface area contributed by atoms with Crippen LogP contribution in [-0.2, 0) is 9.84 Å². The van der Waals surface area contributed by atoms with Gasteiger partial charge in [0.15, 0.2) is 9.84 Å². The third-order valence-corrected chi connectivity index (χ3v) is 5.10. The average Bonchev–Trinajstić information content (AvgIpc) is 2.53. The van der Waals surface area contributed by atoms with Gasteiger partial charge in [0, 0.05) is 12.2 Å². The zero-order valence-corrected chi connectivity index (χ0v) is 13.8. The molecule has 2 amide bonds. The van der Waals surface area contributed by atoms with Crippen LogP contribution in [0.15, 0.2) is 59.5 Å². The zero-order valence-electron chi connectivity index (χ0n) is 13.0. The molecule has 0 radical (unpaired) electrons. The lowest BCUT2D eigenvalue weighted by Gasteiger charge is -2.08. The molecule has 0 bridgehead atoms. The third kappa shape index (κ3) is 5.41. The van der Waals surface area contributed by atoms with Crippen molar-refractivity contribution in [3.8, 4) is 0 Å². The summed E-state index contributed by atoms with van der Waals surface area (Å²) in [6.07, 6.45) is 0.360. The molecule has 6 heteroatoms. The molecule has 5 nitrogen and oxygen atoms in total. The first-order chi connectivity index (χ1) is 11.0. The lowest BCUT2D eigenvalue weighted by atomic mass is 10.2. The summed E-state index contributed by atoms with van der Waals surface area (Å²) in [5.41, 5.74) is 1.71. The first kappa shape index (κ1) is 17.0. The van der Waals surface area contributed by atoms with Crippen molar-refractivity contribution in [3.63, 3.8) is 0 Å². The van der Waals surface area contributed by atoms with Crippen LogP contribution in [0.5, 0.6) is 0 Å². The predicted molar refractivity (Wildman–Crippen MR) is 91.3 cm³/mol. The molecule has 0 aliphatic heterocycles. The van der Waals surface area contributed by atoms with Gasteiger partial charge in [-0.3, -0.25) is 0 Å². The highest BCUT2D eigenvalue weighted by Crippen LogP contribution is 2.12. The molecular weight excluding hydrogens is 312 g/mol. The summed E-state index contributed by atoms with van der Waals surface area (Å²) in [6.45, 7) is 2.20. The Balaban J connectivity index is 1.76. The summed E-state index contributed by atoms with van der Waals surface area (Å²) in [6, 6.07) is 15.5. The third-order valence-electron chi connectivity index (χ3n) is 3.29. The normalized spacial score (nSPS) is 11.0. The Hall–Kier alpha value is -2.34. The lowest BCUT2D eigenvalue weighted by Crippen LogP contribution is -2.30. The van der Waals surface area contributed by atoms with Crippen LogP contribution in [0.3, 0.4) is 0 Å². The summed E-state index contributed by atoms with van der Waals surface area (Å²) in [4.78, 5) is 12.0. The first-order valence-electron chi connectivity index (χ1n) is 7.37. The van der Waals surface area contributed by atoms with Crippen LogP contribution in [0.25, 0.3) is 0 Å². The summed E-state index contributed by atoms with van der Waals surface area (Å²) < 4.78 is 24.3. The Bertz CT molecular complexity index is 741. The number of carbonyl (C=O) groups excluding carboxylic acids is 1. The molecule has 2 rings (SSSR count). The summed E-state index contributed by atoms with van der Waals surface area (Å²) in [5, 5.41) is 5.33. The number of urea groups is 1. The number of hydrogen-bond acceptors (Lipinski definition) is 3. The second-order valence-corrected chi connectivity index (χ2v) is 7.34. The van der Waals surface area contributed by atoms with Gasteiger partial charge >= 0.3 is 6.03 Å². The highest BCUT2D eigenvalue weighted by atomic mass is 32.2. The van der Waals surface area contributed by atoms with E-state index in [1.165, 1.54) is 0 Å². The molecule has 0 aliphatic carbocycles. The van der Waals surface area contributed by atoms with Gasteiger partial charge < -0.3 is 10.6 Å². The summed E-state index contributed by atoms with van der Waals surface area (Å²) >= 11 is 0. The van der Waals surface area contributed by atoms with Gasteiger partial charge in [0.05, 0.1) is 10.6 Å². The molecule has 0 saturated carbocycles. The van der Waals surface area contributed by atoms with Gasteiger partial charge in [0.2, 0.25) is 0 Å². The van der Waals surface area contributed by atoms with E-state index in [4.69, 9.17) is 0 Å². The number of carbonyl (C=O) groups is 1. The van der Waals surface area contributed by atoms with Crippen LogP contribution >= 0.6 is 0 Å². The number of anilines is 1. The van der Waals surface area contributed by atoms with E-state index in [0.29, 0.717) is 23.5 Å². The zero-order chi connectivity index (χ0) is 16.7. The monoisotopic (exact) mass is 332 g/mol. The minimum absolute atomic E-state index is 0.00166.